The molecular weight excluding hydrogens is 304 g/mol. The lowest BCUT2D eigenvalue weighted by atomic mass is 9.92. The van der Waals surface area contributed by atoms with Crippen LogP contribution in [0, 0.1) is 5.92 Å². The minimum absolute atomic E-state index is 0.0999. The van der Waals surface area contributed by atoms with Crippen LogP contribution in [0.15, 0.2) is 24.3 Å². The molecule has 6 heteroatoms. The molecule has 1 aromatic carbocycles. The molecule has 1 aliphatic carbocycles. The van der Waals surface area contributed by atoms with E-state index >= 15 is 0 Å². The number of carbonyl (C=O) groups excluding carboxylic acids is 2. The number of hydroxylamine groups is 1. The van der Waals surface area contributed by atoms with Gasteiger partial charge in [0.25, 0.3) is 5.91 Å². The third-order valence-corrected chi connectivity index (χ3v) is 4.56. The van der Waals surface area contributed by atoms with Crippen molar-refractivity contribution in [3.63, 3.8) is 0 Å². The van der Waals surface area contributed by atoms with E-state index in [4.69, 9.17) is 16.8 Å². The number of likely N-dealkylation sites (N-methyl/N-ethyl adjacent to an activating group) is 1. The molecule has 5 nitrogen and oxygen atoms in total. The van der Waals surface area contributed by atoms with Crippen LogP contribution in [-0.2, 0) is 15.0 Å². The summed E-state index contributed by atoms with van der Waals surface area (Å²) in [5.74, 6) is -0.781. The number of nitrogens with zero attached hydrogens (tertiary/aromatic N) is 1. The number of hydrogen-bond acceptors (Lipinski definition) is 3. The van der Waals surface area contributed by atoms with Crippen LogP contribution in [-0.4, -0.2) is 35.0 Å². The van der Waals surface area contributed by atoms with E-state index < -0.39 is 17.4 Å². The first-order valence-electron chi connectivity index (χ1n) is 7.31. The summed E-state index contributed by atoms with van der Waals surface area (Å²) in [6, 6.07) is 6.55. The van der Waals surface area contributed by atoms with Crippen LogP contribution in [0.3, 0.4) is 0 Å². The van der Waals surface area contributed by atoms with E-state index in [2.05, 4.69) is 0 Å². The number of halogens is 1. The second-order valence-corrected chi connectivity index (χ2v) is 6.61. The largest absolute Gasteiger partial charge is 0.333 e. The molecule has 1 fully saturated rings. The maximum atomic E-state index is 12.9. The molecule has 0 bridgehead atoms. The van der Waals surface area contributed by atoms with Crippen LogP contribution in [0.5, 0.6) is 0 Å². The monoisotopic (exact) mass is 324 g/mol. The summed E-state index contributed by atoms with van der Waals surface area (Å²) in [4.78, 5) is 26.2. The Morgan fingerprint density at radius 3 is 2.23 bits per heavy atom. The first-order chi connectivity index (χ1) is 10.3. The summed E-state index contributed by atoms with van der Waals surface area (Å²) in [6.07, 6.45) is 1.51. The van der Waals surface area contributed by atoms with Crippen molar-refractivity contribution in [3.05, 3.63) is 34.9 Å². The van der Waals surface area contributed by atoms with Crippen molar-refractivity contribution >= 4 is 23.4 Å². The molecule has 2 N–H and O–H groups in total. The van der Waals surface area contributed by atoms with Crippen LogP contribution in [0.25, 0.3) is 0 Å². The smallest absolute Gasteiger partial charge is 0.266 e. The number of hydrogen-bond donors (Lipinski definition) is 2. The highest BCUT2D eigenvalue weighted by molar-refractivity contribution is 6.30. The van der Waals surface area contributed by atoms with Gasteiger partial charge in [0.2, 0.25) is 5.91 Å². The summed E-state index contributed by atoms with van der Waals surface area (Å²) in [5, 5.41) is 9.52. The predicted molar refractivity (Wildman–Crippen MR) is 83.7 cm³/mol. The molecule has 0 unspecified atom stereocenters. The van der Waals surface area contributed by atoms with Gasteiger partial charge in [-0.3, -0.25) is 14.8 Å². The highest BCUT2D eigenvalue weighted by Crippen LogP contribution is 2.50. The average Bonchev–Trinajstić information content (AvgIpc) is 3.28. The molecule has 1 saturated carbocycles. The van der Waals surface area contributed by atoms with E-state index in [9.17, 15) is 9.59 Å². The molecular formula is C16H21ClN2O3. The maximum absolute atomic E-state index is 12.9. The topological polar surface area (TPSA) is 69.6 Å². The Labute approximate surface area is 135 Å². The van der Waals surface area contributed by atoms with Crippen LogP contribution < -0.4 is 5.48 Å². The van der Waals surface area contributed by atoms with Gasteiger partial charge >= 0.3 is 0 Å². The van der Waals surface area contributed by atoms with Gasteiger partial charge in [0.1, 0.15) is 6.04 Å². The lowest BCUT2D eigenvalue weighted by molar-refractivity contribution is -0.146. The third kappa shape index (κ3) is 2.96. The Bertz CT molecular complexity index is 567. The van der Waals surface area contributed by atoms with E-state index in [0.717, 1.165) is 18.4 Å². The summed E-state index contributed by atoms with van der Waals surface area (Å²) in [6.45, 7) is 3.68. The molecule has 1 aromatic rings. The van der Waals surface area contributed by atoms with Gasteiger partial charge in [-0.05, 0) is 36.5 Å². The lowest BCUT2D eigenvalue weighted by Crippen LogP contribution is -2.52. The fourth-order valence-corrected chi connectivity index (χ4v) is 3.10. The Kier molecular flexibility index (Phi) is 4.78. The zero-order valence-corrected chi connectivity index (χ0v) is 13.7. The number of rotatable bonds is 5. The zero-order valence-electron chi connectivity index (χ0n) is 13.0. The molecule has 0 heterocycles. The third-order valence-electron chi connectivity index (χ3n) is 4.30. The van der Waals surface area contributed by atoms with Gasteiger partial charge in [-0.1, -0.05) is 37.6 Å². The number of amides is 2. The van der Waals surface area contributed by atoms with Gasteiger partial charge in [-0.2, -0.15) is 0 Å². The summed E-state index contributed by atoms with van der Waals surface area (Å²) in [5.41, 5.74) is 2.00. The van der Waals surface area contributed by atoms with E-state index in [1.165, 1.54) is 4.90 Å². The van der Waals surface area contributed by atoms with Crippen molar-refractivity contribution in [2.75, 3.05) is 7.05 Å². The van der Waals surface area contributed by atoms with Gasteiger partial charge in [-0.15, -0.1) is 0 Å². The number of carbonyl (C=O) groups is 2. The van der Waals surface area contributed by atoms with E-state index in [1.54, 1.807) is 24.7 Å². The summed E-state index contributed by atoms with van der Waals surface area (Å²) in [7, 11) is 1.61. The van der Waals surface area contributed by atoms with Gasteiger partial charge in [0, 0.05) is 12.1 Å². The Balaban J connectivity index is 2.26. The van der Waals surface area contributed by atoms with Gasteiger partial charge in [-0.25, -0.2) is 5.48 Å². The highest BCUT2D eigenvalue weighted by atomic mass is 35.5. The lowest BCUT2D eigenvalue weighted by Gasteiger charge is -2.32. The van der Waals surface area contributed by atoms with Gasteiger partial charge < -0.3 is 4.90 Å². The second-order valence-electron chi connectivity index (χ2n) is 6.17. The number of benzene rings is 1. The first kappa shape index (κ1) is 16.8. The molecule has 1 aliphatic rings. The number of nitrogens with one attached hydrogen (secondary N) is 1. The molecule has 0 aliphatic heterocycles. The fourth-order valence-electron chi connectivity index (χ4n) is 2.98. The summed E-state index contributed by atoms with van der Waals surface area (Å²) >= 11 is 5.90. The van der Waals surface area contributed by atoms with E-state index in [1.807, 2.05) is 26.0 Å². The van der Waals surface area contributed by atoms with Crippen molar-refractivity contribution in [3.8, 4) is 0 Å². The highest BCUT2D eigenvalue weighted by Gasteiger charge is 2.53. The molecule has 0 radical (unpaired) electrons. The van der Waals surface area contributed by atoms with Crippen molar-refractivity contribution in [2.24, 2.45) is 5.92 Å². The van der Waals surface area contributed by atoms with Crippen molar-refractivity contribution in [1.29, 1.82) is 0 Å². The maximum Gasteiger partial charge on any atom is 0.266 e. The predicted octanol–water partition coefficient (Wildman–Crippen LogP) is 2.36. The Hall–Kier alpha value is -1.59. The molecule has 2 rings (SSSR count). The van der Waals surface area contributed by atoms with Crippen LogP contribution in [0.4, 0.5) is 0 Å². The molecule has 0 spiro atoms. The van der Waals surface area contributed by atoms with Crippen molar-refractivity contribution < 1.29 is 14.8 Å². The minimum atomic E-state index is -0.706. The van der Waals surface area contributed by atoms with Crippen LogP contribution >= 0.6 is 11.6 Å². The van der Waals surface area contributed by atoms with Crippen LogP contribution in [0.1, 0.15) is 32.3 Å². The van der Waals surface area contributed by atoms with Crippen molar-refractivity contribution in [2.45, 2.75) is 38.1 Å². The standard InChI is InChI=1S/C16H21ClN2O3/c1-10(2)13(14(20)18-22)19(3)15(21)16(8-9-16)11-4-6-12(17)7-5-11/h4-7,10,13,22H,8-9H2,1-3H3,(H,18,20)/t13-/m1/s1. The molecule has 0 saturated heterocycles. The van der Waals surface area contributed by atoms with Gasteiger partial charge in [0.15, 0.2) is 0 Å². The van der Waals surface area contributed by atoms with E-state index in [0.29, 0.717) is 5.02 Å². The Morgan fingerprint density at radius 1 is 1.27 bits per heavy atom. The molecule has 2 amide bonds. The summed E-state index contributed by atoms with van der Waals surface area (Å²) < 4.78 is 0. The molecule has 120 valence electrons. The SMILES string of the molecule is CC(C)[C@H](C(=O)NO)N(C)C(=O)C1(c2ccc(Cl)cc2)CC1. The average molecular weight is 325 g/mol. The first-order valence-corrected chi connectivity index (χ1v) is 7.68. The van der Waals surface area contributed by atoms with E-state index in [-0.39, 0.29) is 11.8 Å². The molecule has 1 atom stereocenters. The second kappa shape index (κ2) is 6.26. The molecule has 22 heavy (non-hydrogen) atoms. The molecule has 0 aromatic heterocycles. The van der Waals surface area contributed by atoms with Crippen LogP contribution in [0.2, 0.25) is 5.02 Å². The normalized spacial score (nSPS) is 17.0. The quantitative estimate of drug-likeness (QED) is 0.645. The van der Waals surface area contributed by atoms with Gasteiger partial charge in [0.05, 0.1) is 5.41 Å². The van der Waals surface area contributed by atoms with Crippen molar-refractivity contribution in [1.82, 2.24) is 10.4 Å². The Morgan fingerprint density at radius 2 is 1.82 bits per heavy atom. The fraction of sp³-hybridized carbons (Fsp3) is 0.500. The zero-order chi connectivity index (χ0) is 16.5. The minimum Gasteiger partial charge on any atom is -0.333 e.